The molecule has 1 aliphatic rings. The molecule has 5 nitrogen and oxygen atoms in total. The summed E-state index contributed by atoms with van der Waals surface area (Å²) in [5.74, 6) is 0.0917. The molecule has 1 aliphatic heterocycles. The summed E-state index contributed by atoms with van der Waals surface area (Å²) >= 11 is 6.23. The van der Waals surface area contributed by atoms with Crippen molar-refractivity contribution in [2.75, 3.05) is 18.4 Å². The number of anilines is 1. The van der Waals surface area contributed by atoms with Crippen molar-refractivity contribution in [1.82, 2.24) is 15.1 Å². The van der Waals surface area contributed by atoms with Gasteiger partial charge in [0, 0.05) is 5.92 Å². The number of amides is 1. The zero-order valence-electron chi connectivity index (χ0n) is 17.1. The standard InChI is InChI=1S/C23H25ClN4O.ClH/c1-15-7-8-18(13-16(15)2)28-22(17-9-11-25-12-10-17)19(14-26-28)23(29)27-21-6-4-3-5-20(21)24;/h3-8,13-14,17,25H,9-12H2,1-2H3,(H,27,29);1H. The number of hydrogen-bond acceptors (Lipinski definition) is 3. The molecule has 0 saturated carbocycles. The summed E-state index contributed by atoms with van der Waals surface area (Å²) in [7, 11) is 0. The lowest BCUT2D eigenvalue weighted by Crippen LogP contribution is -2.29. The molecular weight excluding hydrogens is 419 g/mol. The molecule has 1 fully saturated rings. The molecule has 4 rings (SSSR count). The molecule has 2 heterocycles. The van der Waals surface area contributed by atoms with Crippen LogP contribution in [0.2, 0.25) is 5.02 Å². The Morgan fingerprint density at radius 3 is 2.57 bits per heavy atom. The summed E-state index contributed by atoms with van der Waals surface area (Å²) in [6.07, 6.45) is 3.63. The van der Waals surface area contributed by atoms with Crippen LogP contribution in [0.25, 0.3) is 5.69 Å². The second-order valence-corrected chi connectivity index (χ2v) is 7.99. The molecule has 0 unspecified atom stereocenters. The number of nitrogens with one attached hydrogen (secondary N) is 2. The van der Waals surface area contributed by atoms with Crippen LogP contribution in [0.5, 0.6) is 0 Å². The third-order valence-electron chi connectivity index (χ3n) is 5.63. The van der Waals surface area contributed by atoms with Gasteiger partial charge < -0.3 is 10.6 Å². The number of carbonyl (C=O) groups excluding carboxylic acids is 1. The Balaban J connectivity index is 0.00000256. The minimum Gasteiger partial charge on any atom is -0.321 e. The predicted molar refractivity (Wildman–Crippen MR) is 125 cm³/mol. The van der Waals surface area contributed by atoms with E-state index in [1.807, 2.05) is 16.8 Å². The first kappa shape index (κ1) is 22.3. The fourth-order valence-electron chi connectivity index (χ4n) is 3.84. The van der Waals surface area contributed by atoms with Gasteiger partial charge in [-0.1, -0.05) is 29.8 Å². The number of hydrogen-bond donors (Lipinski definition) is 2. The minimum atomic E-state index is -0.179. The molecule has 2 aromatic carbocycles. The lowest BCUT2D eigenvalue weighted by molar-refractivity contribution is 0.102. The van der Waals surface area contributed by atoms with Crippen LogP contribution in [0.15, 0.2) is 48.7 Å². The quantitative estimate of drug-likeness (QED) is 0.574. The van der Waals surface area contributed by atoms with Gasteiger partial charge in [0.2, 0.25) is 0 Å². The van der Waals surface area contributed by atoms with Crippen LogP contribution >= 0.6 is 24.0 Å². The molecule has 0 atom stereocenters. The normalized spacial score (nSPS) is 14.2. The highest BCUT2D eigenvalue weighted by atomic mass is 35.5. The zero-order chi connectivity index (χ0) is 20.4. The highest BCUT2D eigenvalue weighted by Gasteiger charge is 2.27. The molecule has 1 amide bonds. The maximum absolute atomic E-state index is 13.2. The minimum absolute atomic E-state index is 0. The molecule has 0 spiro atoms. The fourth-order valence-corrected chi connectivity index (χ4v) is 4.02. The maximum Gasteiger partial charge on any atom is 0.259 e. The lowest BCUT2D eigenvalue weighted by atomic mass is 9.91. The van der Waals surface area contributed by atoms with E-state index in [4.69, 9.17) is 11.6 Å². The van der Waals surface area contributed by atoms with Crippen LogP contribution in [0.1, 0.15) is 45.9 Å². The third-order valence-corrected chi connectivity index (χ3v) is 5.96. The number of benzene rings is 2. The van der Waals surface area contributed by atoms with E-state index < -0.39 is 0 Å². The first-order valence-corrected chi connectivity index (χ1v) is 10.3. The number of rotatable bonds is 4. The van der Waals surface area contributed by atoms with Gasteiger partial charge in [0.1, 0.15) is 0 Å². The maximum atomic E-state index is 13.2. The van der Waals surface area contributed by atoms with E-state index in [9.17, 15) is 4.79 Å². The largest absolute Gasteiger partial charge is 0.321 e. The highest BCUT2D eigenvalue weighted by Crippen LogP contribution is 2.31. The summed E-state index contributed by atoms with van der Waals surface area (Å²) in [5.41, 5.74) is 5.61. The molecule has 30 heavy (non-hydrogen) atoms. The van der Waals surface area contributed by atoms with Crippen LogP contribution in [0.3, 0.4) is 0 Å². The van der Waals surface area contributed by atoms with Crippen molar-refractivity contribution in [3.8, 4) is 5.69 Å². The summed E-state index contributed by atoms with van der Waals surface area (Å²) in [4.78, 5) is 13.2. The predicted octanol–water partition coefficient (Wildman–Crippen LogP) is 5.28. The van der Waals surface area contributed by atoms with Gasteiger partial charge in [-0.25, -0.2) is 4.68 Å². The van der Waals surface area contributed by atoms with Gasteiger partial charge in [-0.15, -0.1) is 12.4 Å². The number of halogens is 2. The lowest BCUT2D eigenvalue weighted by Gasteiger charge is -2.25. The van der Waals surface area contributed by atoms with Gasteiger partial charge >= 0.3 is 0 Å². The number of nitrogens with zero attached hydrogens (tertiary/aromatic N) is 2. The molecule has 158 valence electrons. The van der Waals surface area contributed by atoms with Crippen molar-refractivity contribution in [2.24, 2.45) is 0 Å². The van der Waals surface area contributed by atoms with Crippen molar-refractivity contribution in [3.05, 3.63) is 76.1 Å². The Labute approximate surface area is 188 Å². The van der Waals surface area contributed by atoms with Gasteiger partial charge in [0.05, 0.1) is 33.9 Å². The molecule has 1 saturated heterocycles. The van der Waals surface area contributed by atoms with E-state index in [2.05, 4.69) is 47.8 Å². The van der Waals surface area contributed by atoms with Gasteiger partial charge in [-0.05, 0) is 75.2 Å². The van der Waals surface area contributed by atoms with E-state index in [1.165, 1.54) is 11.1 Å². The van der Waals surface area contributed by atoms with Crippen molar-refractivity contribution >= 4 is 35.6 Å². The molecule has 0 bridgehead atoms. The summed E-state index contributed by atoms with van der Waals surface area (Å²) in [6, 6.07) is 13.6. The molecule has 1 aromatic heterocycles. The van der Waals surface area contributed by atoms with Crippen LogP contribution in [0, 0.1) is 13.8 Å². The number of carbonyl (C=O) groups is 1. The Kier molecular flexibility index (Phi) is 7.19. The molecule has 0 radical (unpaired) electrons. The molecule has 7 heteroatoms. The van der Waals surface area contributed by atoms with Crippen molar-refractivity contribution in [1.29, 1.82) is 0 Å². The second-order valence-electron chi connectivity index (χ2n) is 7.58. The molecule has 0 aliphatic carbocycles. The van der Waals surface area contributed by atoms with Gasteiger partial charge in [-0.3, -0.25) is 4.79 Å². The van der Waals surface area contributed by atoms with E-state index in [-0.39, 0.29) is 24.2 Å². The number of aryl methyl sites for hydroxylation is 2. The smallest absolute Gasteiger partial charge is 0.259 e. The first-order valence-electron chi connectivity index (χ1n) is 9.96. The molecule has 3 aromatic rings. The number of aromatic nitrogens is 2. The van der Waals surface area contributed by atoms with Crippen LogP contribution in [-0.4, -0.2) is 28.8 Å². The molecular formula is C23H26Cl2N4O. The summed E-state index contributed by atoms with van der Waals surface area (Å²) in [6.45, 7) is 6.07. The Hall–Kier alpha value is -2.34. The van der Waals surface area contributed by atoms with Crippen molar-refractivity contribution in [3.63, 3.8) is 0 Å². The summed E-state index contributed by atoms with van der Waals surface area (Å²) in [5, 5.41) is 11.5. The Bertz CT molecular complexity index is 1040. The van der Waals surface area contributed by atoms with E-state index >= 15 is 0 Å². The van der Waals surface area contributed by atoms with E-state index in [1.54, 1.807) is 18.3 Å². The third kappa shape index (κ3) is 4.53. The summed E-state index contributed by atoms with van der Waals surface area (Å²) < 4.78 is 1.93. The van der Waals surface area contributed by atoms with Crippen LogP contribution < -0.4 is 10.6 Å². The Morgan fingerprint density at radius 2 is 1.87 bits per heavy atom. The van der Waals surface area contributed by atoms with Gasteiger partial charge in [0.15, 0.2) is 0 Å². The van der Waals surface area contributed by atoms with Crippen LogP contribution in [-0.2, 0) is 0 Å². The fraction of sp³-hybridized carbons (Fsp3) is 0.304. The number of piperidine rings is 1. The average Bonchev–Trinajstić information content (AvgIpc) is 3.18. The first-order chi connectivity index (χ1) is 14.0. The average molecular weight is 445 g/mol. The highest BCUT2D eigenvalue weighted by molar-refractivity contribution is 6.33. The van der Waals surface area contributed by atoms with Gasteiger partial charge in [-0.2, -0.15) is 5.10 Å². The number of para-hydroxylation sites is 1. The van der Waals surface area contributed by atoms with Gasteiger partial charge in [0.25, 0.3) is 5.91 Å². The Morgan fingerprint density at radius 1 is 1.13 bits per heavy atom. The van der Waals surface area contributed by atoms with Crippen molar-refractivity contribution < 1.29 is 4.79 Å². The van der Waals surface area contributed by atoms with Crippen molar-refractivity contribution in [2.45, 2.75) is 32.6 Å². The second kappa shape index (κ2) is 9.65. The SMILES string of the molecule is Cc1ccc(-n2ncc(C(=O)Nc3ccccc3Cl)c2C2CCNCC2)cc1C.Cl. The topological polar surface area (TPSA) is 59.0 Å². The van der Waals surface area contributed by atoms with E-state index in [0.29, 0.717) is 16.3 Å². The zero-order valence-corrected chi connectivity index (χ0v) is 18.7. The monoisotopic (exact) mass is 444 g/mol. The molecule has 2 N–H and O–H groups in total. The van der Waals surface area contributed by atoms with Crippen LogP contribution in [0.4, 0.5) is 5.69 Å². The van der Waals surface area contributed by atoms with E-state index in [0.717, 1.165) is 37.3 Å².